The van der Waals surface area contributed by atoms with E-state index in [2.05, 4.69) is 12.2 Å². The third kappa shape index (κ3) is 8.60. The molecule has 0 aromatic carbocycles. The normalized spacial score (nSPS) is 22.3. The molecule has 1 rings (SSSR count). The SMILES string of the molecule is CCNC(CCCS(C)(=O)=O)CCC1CCCCO1. The number of rotatable bonds is 9. The molecule has 1 aliphatic heterocycles. The number of sulfone groups is 1. The third-order valence-electron chi connectivity index (χ3n) is 3.67. The summed E-state index contributed by atoms with van der Waals surface area (Å²) in [6.07, 6.45) is 9.26. The number of hydrogen-bond donors (Lipinski definition) is 1. The molecule has 4 nitrogen and oxygen atoms in total. The highest BCUT2D eigenvalue weighted by Crippen LogP contribution is 2.19. The molecule has 2 atom stereocenters. The predicted octanol–water partition coefficient (Wildman–Crippen LogP) is 2.14. The van der Waals surface area contributed by atoms with Gasteiger partial charge in [0.25, 0.3) is 0 Å². The molecule has 0 radical (unpaired) electrons. The molecule has 1 N–H and O–H groups in total. The molecular weight excluding hydrogens is 262 g/mol. The van der Waals surface area contributed by atoms with Crippen molar-refractivity contribution in [3.05, 3.63) is 0 Å². The van der Waals surface area contributed by atoms with Crippen molar-refractivity contribution < 1.29 is 13.2 Å². The van der Waals surface area contributed by atoms with Crippen LogP contribution in [0.3, 0.4) is 0 Å². The Hall–Kier alpha value is -0.130. The lowest BCUT2D eigenvalue weighted by atomic mass is 9.99. The van der Waals surface area contributed by atoms with E-state index in [9.17, 15) is 8.42 Å². The van der Waals surface area contributed by atoms with Crippen LogP contribution < -0.4 is 5.32 Å². The largest absolute Gasteiger partial charge is 0.378 e. The Bertz CT molecular complexity index is 324. The molecule has 1 heterocycles. The smallest absolute Gasteiger partial charge is 0.147 e. The van der Waals surface area contributed by atoms with Gasteiger partial charge in [0.05, 0.1) is 6.10 Å². The maximum absolute atomic E-state index is 11.1. The van der Waals surface area contributed by atoms with Gasteiger partial charge in [-0.1, -0.05) is 6.92 Å². The van der Waals surface area contributed by atoms with Crippen molar-refractivity contribution in [1.29, 1.82) is 0 Å². The summed E-state index contributed by atoms with van der Waals surface area (Å²) in [5, 5.41) is 3.46. The van der Waals surface area contributed by atoms with Gasteiger partial charge in [0.2, 0.25) is 0 Å². The summed E-state index contributed by atoms with van der Waals surface area (Å²) in [6.45, 7) is 3.94. The third-order valence-corrected chi connectivity index (χ3v) is 4.70. The quantitative estimate of drug-likeness (QED) is 0.707. The molecule has 0 saturated carbocycles. The predicted molar refractivity (Wildman–Crippen MR) is 79.2 cm³/mol. The van der Waals surface area contributed by atoms with E-state index >= 15 is 0 Å². The minimum absolute atomic E-state index is 0.300. The molecule has 1 fully saturated rings. The van der Waals surface area contributed by atoms with Crippen LogP contribution in [0.5, 0.6) is 0 Å². The summed E-state index contributed by atoms with van der Waals surface area (Å²) in [5.41, 5.74) is 0. The minimum atomic E-state index is -2.82. The molecular formula is C14H29NO3S. The molecule has 0 aromatic rings. The fourth-order valence-electron chi connectivity index (χ4n) is 2.65. The van der Waals surface area contributed by atoms with E-state index in [0.29, 0.717) is 17.9 Å². The summed E-state index contributed by atoms with van der Waals surface area (Å²) in [6, 6.07) is 0.428. The van der Waals surface area contributed by atoms with Gasteiger partial charge in [0.1, 0.15) is 9.84 Å². The summed E-state index contributed by atoms with van der Waals surface area (Å²) in [5.74, 6) is 0.300. The standard InChI is InChI=1S/C14H29NO3S/c1-3-15-13(7-6-12-19(2,16)17)9-10-14-8-4-5-11-18-14/h13-15H,3-12H2,1-2H3. The van der Waals surface area contributed by atoms with Crippen LogP contribution in [0.4, 0.5) is 0 Å². The van der Waals surface area contributed by atoms with Crippen molar-refractivity contribution >= 4 is 9.84 Å². The van der Waals surface area contributed by atoms with E-state index in [1.165, 1.54) is 25.5 Å². The zero-order valence-electron chi connectivity index (χ0n) is 12.4. The van der Waals surface area contributed by atoms with E-state index in [0.717, 1.165) is 38.8 Å². The highest BCUT2D eigenvalue weighted by molar-refractivity contribution is 7.90. The van der Waals surface area contributed by atoms with Crippen LogP contribution in [0.1, 0.15) is 51.9 Å². The van der Waals surface area contributed by atoms with Gasteiger partial charge < -0.3 is 10.1 Å². The molecule has 0 bridgehead atoms. The first-order chi connectivity index (χ1) is 9.01. The highest BCUT2D eigenvalue weighted by Gasteiger charge is 2.16. The van der Waals surface area contributed by atoms with Gasteiger partial charge in [0, 0.05) is 24.7 Å². The van der Waals surface area contributed by atoms with Gasteiger partial charge in [0.15, 0.2) is 0 Å². The molecule has 0 amide bonds. The fraction of sp³-hybridized carbons (Fsp3) is 1.00. The Morgan fingerprint density at radius 2 is 2.11 bits per heavy atom. The van der Waals surface area contributed by atoms with Crippen molar-refractivity contribution in [3.8, 4) is 0 Å². The van der Waals surface area contributed by atoms with Crippen molar-refractivity contribution in [1.82, 2.24) is 5.32 Å². The van der Waals surface area contributed by atoms with E-state index < -0.39 is 9.84 Å². The molecule has 1 aliphatic rings. The first-order valence-corrected chi connectivity index (χ1v) is 9.60. The van der Waals surface area contributed by atoms with Crippen LogP contribution in [0.25, 0.3) is 0 Å². The van der Waals surface area contributed by atoms with Crippen LogP contribution in [-0.2, 0) is 14.6 Å². The Morgan fingerprint density at radius 3 is 2.68 bits per heavy atom. The van der Waals surface area contributed by atoms with Crippen molar-refractivity contribution in [2.24, 2.45) is 0 Å². The lowest BCUT2D eigenvalue weighted by Gasteiger charge is -2.25. The van der Waals surface area contributed by atoms with Gasteiger partial charge in [-0.3, -0.25) is 0 Å². The maximum atomic E-state index is 11.1. The Kier molecular flexibility index (Phi) is 7.95. The second kappa shape index (κ2) is 8.93. The van der Waals surface area contributed by atoms with Crippen LogP contribution in [0.2, 0.25) is 0 Å². The maximum Gasteiger partial charge on any atom is 0.147 e. The Labute approximate surface area is 118 Å². The van der Waals surface area contributed by atoms with Crippen LogP contribution >= 0.6 is 0 Å². The minimum Gasteiger partial charge on any atom is -0.378 e. The summed E-state index contributed by atoms with van der Waals surface area (Å²) in [4.78, 5) is 0. The Balaban J connectivity index is 2.22. The molecule has 2 unspecified atom stereocenters. The Morgan fingerprint density at radius 1 is 1.32 bits per heavy atom. The second-order valence-electron chi connectivity index (χ2n) is 5.59. The van der Waals surface area contributed by atoms with E-state index in [1.807, 2.05) is 0 Å². The number of ether oxygens (including phenoxy) is 1. The molecule has 1 saturated heterocycles. The first-order valence-electron chi connectivity index (χ1n) is 7.54. The topological polar surface area (TPSA) is 55.4 Å². The monoisotopic (exact) mass is 291 g/mol. The summed E-state index contributed by atoms with van der Waals surface area (Å²) < 4.78 is 28.0. The highest BCUT2D eigenvalue weighted by atomic mass is 32.2. The van der Waals surface area contributed by atoms with Crippen molar-refractivity contribution in [3.63, 3.8) is 0 Å². The second-order valence-corrected chi connectivity index (χ2v) is 7.85. The van der Waals surface area contributed by atoms with Crippen LogP contribution in [0, 0.1) is 0 Å². The van der Waals surface area contributed by atoms with Gasteiger partial charge in [-0.15, -0.1) is 0 Å². The van der Waals surface area contributed by atoms with E-state index in [-0.39, 0.29) is 0 Å². The number of nitrogens with one attached hydrogen (secondary N) is 1. The zero-order chi connectivity index (χ0) is 14.1. The molecule has 0 aliphatic carbocycles. The molecule has 0 aromatic heterocycles. The van der Waals surface area contributed by atoms with Crippen LogP contribution in [-0.4, -0.2) is 45.7 Å². The van der Waals surface area contributed by atoms with Gasteiger partial charge in [-0.25, -0.2) is 8.42 Å². The average molecular weight is 291 g/mol. The summed E-state index contributed by atoms with van der Waals surface area (Å²) in [7, 11) is -2.82. The van der Waals surface area contributed by atoms with E-state index in [4.69, 9.17) is 4.74 Å². The average Bonchev–Trinajstić information content (AvgIpc) is 2.36. The van der Waals surface area contributed by atoms with Crippen molar-refractivity contribution in [2.75, 3.05) is 25.2 Å². The summed E-state index contributed by atoms with van der Waals surface area (Å²) >= 11 is 0. The first kappa shape index (κ1) is 16.9. The molecule has 19 heavy (non-hydrogen) atoms. The molecule has 114 valence electrons. The number of hydrogen-bond acceptors (Lipinski definition) is 4. The van der Waals surface area contributed by atoms with Crippen molar-refractivity contribution in [2.45, 2.75) is 64.0 Å². The van der Waals surface area contributed by atoms with Gasteiger partial charge in [-0.05, 0) is 51.5 Å². The fourth-order valence-corrected chi connectivity index (χ4v) is 3.34. The lowest BCUT2D eigenvalue weighted by molar-refractivity contribution is 0.00846. The van der Waals surface area contributed by atoms with Crippen LogP contribution in [0.15, 0.2) is 0 Å². The van der Waals surface area contributed by atoms with Gasteiger partial charge >= 0.3 is 0 Å². The van der Waals surface area contributed by atoms with Gasteiger partial charge in [-0.2, -0.15) is 0 Å². The molecule has 5 heteroatoms. The van der Waals surface area contributed by atoms with E-state index in [1.54, 1.807) is 0 Å². The zero-order valence-corrected chi connectivity index (χ0v) is 13.2. The lowest BCUT2D eigenvalue weighted by Crippen LogP contribution is -2.31. The molecule has 0 spiro atoms.